The third-order valence-corrected chi connectivity index (χ3v) is 2.35. The molecule has 0 aromatic heterocycles. The van der Waals surface area contributed by atoms with Gasteiger partial charge in [0.25, 0.3) is 0 Å². The Balaban J connectivity index is 2.28. The van der Waals surface area contributed by atoms with E-state index in [9.17, 15) is 0 Å². The highest BCUT2D eigenvalue weighted by Gasteiger charge is 2.26. The van der Waals surface area contributed by atoms with Crippen LogP contribution in [0.1, 0.15) is 40.0 Å². The maximum absolute atomic E-state index is 5.32. The van der Waals surface area contributed by atoms with E-state index in [0.717, 1.165) is 0 Å². The molecule has 1 N–H and O–H groups in total. The largest absolute Gasteiger partial charge is 0.381 e. The maximum atomic E-state index is 5.32. The lowest BCUT2D eigenvalue weighted by atomic mass is 10.1. The van der Waals surface area contributed by atoms with E-state index in [1.165, 1.54) is 19.3 Å². The molecule has 0 bridgehead atoms. The lowest BCUT2D eigenvalue weighted by Gasteiger charge is -2.25. The summed E-state index contributed by atoms with van der Waals surface area (Å²) in [5.74, 6) is 0. The smallest absolute Gasteiger partial charge is 0.0586 e. The molecule has 0 aliphatic heterocycles. The summed E-state index contributed by atoms with van der Waals surface area (Å²) in [4.78, 5) is 0. The maximum Gasteiger partial charge on any atom is 0.0586 e. The molecule has 2 unspecified atom stereocenters. The van der Waals surface area contributed by atoms with Crippen molar-refractivity contribution in [3.63, 3.8) is 0 Å². The van der Waals surface area contributed by atoms with Crippen LogP contribution in [0.5, 0.6) is 0 Å². The van der Waals surface area contributed by atoms with Gasteiger partial charge in [-0.3, -0.25) is 0 Å². The summed E-state index contributed by atoms with van der Waals surface area (Å²) in [5.41, 5.74) is 0.243. The minimum Gasteiger partial charge on any atom is -0.381 e. The molecule has 2 heteroatoms. The van der Waals surface area contributed by atoms with Gasteiger partial charge in [0.15, 0.2) is 0 Å². The first-order valence-corrected chi connectivity index (χ1v) is 4.82. The molecule has 0 aromatic carbocycles. The minimum atomic E-state index is 0.243. The molecule has 0 radical (unpaired) electrons. The summed E-state index contributed by atoms with van der Waals surface area (Å²) in [6.07, 6.45) is 4.14. The molecule has 2 nitrogen and oxygen atoms in total. The van der Waals surface area contributed by atoms with E-state index in [4.69, 9.17) is 4.74 Å². The highest BCUT2D eigenvalue weighted by molar-refractivity contribution is 4.85. The van der Waals surface area contributed by atoms with Crippen molar-refractivity contribution < 1.29 is 4.74 Å². The second-order valence-corrected chi connectivity index (χ2v) is 4.76. The fourth-order valence-corrected chi connectivity index (χ4v) is 1.90. The Morgan fingerprint density at radius 1 is 1.25 bits per heavy atom. The summed E-state index contributed by atoms with van der Waals surface area (Å²) < 4.78 is 5.32. The molecule has 1 rings (SSSR count). The van der Waals surface area contributed by atoms with Crippen LogP contribution in [-0.2, 0) is 4.74 Å². The highest BCUT2D eigenvalue weighted by atomic mass is 16.5. The van der Waals surface area contributed by atoms with Gasteiger partial charge >= 0.3 is 0 Å². The van der Waals surface area contributed by atoms with E-state index in [1.54, 1.807) is 0 Å². The summed E-state index contributed by atoms with van der Waals surface area (Å²) in [6, 6.07) is 0.662. The third kappa shape index (κ3) is 3.11. The predicted octanol–water partition coefficient (Wildman–Crippen LogP) is 1.94. The van der Waals surface area contributed by atoms with E-state index >= 15 is 0 Å². The molecule has 1 aliphatic carbocycles. The van der Waals surface area contributed by atoms with E-state index in [-0.39, 0.29) is 5.54 Å². The first-order chi connectivity index (χ1) is 5.51. The van der Waals surface area contributed by atoms with Crippen LogP contribution >= 0.6 is 0 Å². The van der Waals surface area contributed by atoms with Gasteiger partial charge in [-0.15, -0.1) is 0 Å². The minimum absolute atomic E-state index is 0.243. The van der Waals surface area contributed by atoms with Crippen molar-refractivity contribution in [2.75, 3.05) is 7.11 Å². The van der Waals surface area contributed by atoms with Crippen LogP contribution in [0.25, 0.3) is 0 Å². The van der Waals surface area contributed by atoms with Crippen molar-refractivity contribution in [3.8, 4) is 0 Å². The number of hydrogen-bond donors (Lipinski definition) is 1. The van der Waals surface area contributed by atoms with E-state index < -0.39 is 0 Å². The molecule has 1 fully saturated rings. The van der Waals surface area contributed by atoms with Gasteiger partial charge in [-0.25, -0.2) is 0 Å². The Kier molecular flexibility index (Phi) is 3.13. The highest BCUT2D eigenvalue weighted by Crippen LogP contribution is 2.23. The van der Waals surface area contributed by atoms with Crippen LogP contribution in [-0.4, -0.2) is 24.8 Å². The van der Waals surface area contributed by atoms with E-state index in [1.807, 2.05) is 7.11 Å². The van der Waals surface area contributed by atoms with Gasteiger partial charge in [-0.05, 0) is 40.0 Å². The molecule has 0 saturated heterocycles. The standard InChI is InChI=1S/C10H21NO/c1-10(2,3)11-8-5-6-9(7-8)12-4/h8-9,11H,5-7H2,1-4H3. The fourth-order valence-electron chi connectivity index (χ4n) is 1.90. The van der Waals surface area contributed by atoms with Crippen molar-refractivity contribution in [3.05, 3.63) is 0 Å². The average molecular weight is 171 g/mol. The zero-order chi connectivity index (χ0) is 9.19. The van der Waals surface area contributed by atoms with Crippen LogP contribution < -0.4 is 5.32 Å². The molecule has 1 aliphatic rings. The Morgan fingerprint density at radius 3 is 2.33 bits per heavy atom. The number of methoxy groups -OCH3 is 1. The zero-order valence-corrected chi connectivity index (χ0v) is 8.68. The van der Waals surface area contributed by atoms with Gasteiger partial charge in [-0.2, -0.15) is 0 Å². The normalized spacial score (nSPS) is 31.0. The van der Waals surface area contributed by atoms with Crippen molar-refractivity contribution in [1.82, 2.24) is 5.32 Å². The van der Waals surface area contributed by atoms with Crippen LogP contribution in [0, 0.1) is 0 Å². The molecular formula is C10H21NO. The molecule has 0 aromatic rings. The van der Waals surface area contributed by atoms with Gasteiger partial charge in [0.05, 0.1) is 6.10 Å². The van der Waals surface area contributed by atoms with Crippen LogP contribution in [0.15, 0.2) is 0 Å². The van der Waals surface area contributed by atoms with Gasteiger partial charge in [0.2, 0.25) is 0 Å². The van der Waals surface area contributed by atoms with Crippen molar-refractivity contribution in [2.24, 2.45) is 0 Å². The molecule has 1 saturated carbocycles. The fraction of sp³-hybridized carbons (Fsp3) is 1.00. The lowest BCUT2D eigenvalue weighted by Crippen LogP contribution is -2.42. The topological polar surface area (TPSA) is 21.3 Å². The average Bonchev–Trinajstić information content (AvgIpc) is 2.32. The summed E-state index contributed by atoms with van der Waals surface area (Å²) >= 11 is 0. The Bertz CT molecular complexity index is 139. The summed E-state index contributed by atoms with van der Waals surface area (Å²) in [7, 11) is 1.81. The van der Waals surface area contributed by atoms with Crippen molar-refractivity contribution >= 4 is 0 Å². The molecule has 2 atom stereocenters. The Hall–Kier alpha value is -0.0800. The quantitative estimate of drug-likeness (QED) is 0.685. The predicted molar refractivity (Wildman–Crippen MR) is 51.3 cm³/mol. The second-order valence-electron chi connectivity index (χ2n) is 4.76. The Labute approximate surface area is 75.7 Å². The van der Waals surface area contributed by atoms with Crippen LogP contribution in [0.3, 0.4) is 0 Å². The van der Waals surface area contributed by atoms with Gasteiger partial charge in [0.1, 0.15) is 0 Å². The number of nitrogens with one attached hydrogen (secondary N) is 1. The van der Waals surface area contributed by atoms with E-state index in [2.05, 4.69) is 26.1 Å². The second kappa shape index (κ2) is 3.75. The first-order valence-electron chi connectivity index (χ1n) is 4.82. The van der Waals surface area contributed by atoms with Gasteiger partial charge < -0.3 is 10.1 Å². The number of ether oxygens (including phenoxy) is 1. The third-order valence-electron chi connectivity index (χ3n) is 2.35. The molecule has 72 valence electrons. The first kappa shape index (κ1) is 10.0. The number of hydrogen-bond acceptors (Lipinski definition) is 2. The van der Waals surface area contributed by atoms with Gasteiger partial charge in [0, 0.05) is 18.7 Å². The van der Waals surface area contributed by atoms with Crippen molar-refractivity contribution in [2.45, 2.75) is 57.7 Å². The summed E-state index contributed by atoms with van der Waals surface area (Å²) in [6.45, 7) is 6.65. The molecule has 0 spiro atoms. The van der Waals surface area contributed by atoms with Gasteiger partial charge in [-0.1, -0.05) is 0 Å². The molecule has 0 heterocycles. The van der Waals surface area contributed by atoms with E-state index in [0.29, 0.717) is 12.1 Å². The number of rotatable bonds is 2. The zero-order valence-electron chi connectivity index (χ0n) is 8.68. The molecule has 0 amide bonds. The van der Waals surface area contributed by atoms with Crippen LogP contribution in [0.4, 0.5) is 0 Å². The molecule has 12 heavy (non-hydrogen) atoms. The monoisotopic (exact) mass is 171 g/mol. The SMILES string of the molecule is COC1CCC(NC(C)(C)C)C1. The Morgan fingerprint density at radius 2 is 1.92 bits per heavy atom. The van der Waals surface area contributed by atoms with Crippen LogP contribution in [0.2, 0.25) is 0 Å². The molecular weight excluding hydrogens is 150 g/mol. The summed E-state index contributed by atoms with van der Waals surface area (Å²) in [5, 5.41) is 3.60. The van der Waals surface area contributed by atoms with Crippen molar-refractivity contribution in [1.29, 1.82) is 0 Å². The lowest BCUT2D eigenvalue weighted by molar-refractivity contribution is 0.106.